The van der Waals surface area contributed by atoms with E-state index in [-0.39, 0.29) is 17.8 Å². The lowest BCUT2D eigenvalue weighted by Crippen LogP contribution is -2.31. The zero-order valence-corrected chi connectivity index (χ0v) is 11.8. The fourth-order valence-electron chi connectivity index (χ4n) is 3.02. The largest absolute Gasteiger partial charge is 0.316 e. The number of hydrogen-bond donors (Lipinski definition) is 1. The van der Waals surface area contributed by atoms with Crippen LogP contribution in [-0.4, -0.2) is 13.1 Å². The predicted molar refractivity (Wildman–Crippen MR) is 83.0 cm³/mol. The molecule has 1 aliphatic rings. The maximum Gasteiger partial charge on any atom is 0.0130 e. The van der Waals surface area contributed by atoms with Crippen LogP contribution in [0.4, 0.5) is 0 Å². The van der Waals surface area contributed by atoms with Gasteiger partial charge in [-0.25, -0.2) is 0 Å². The van der Waals surface area contributed by atoms with Gasteiger partial charge in [-0.2, -0.15) is 0 Å². The fourth-order valence-corrected chi connectivity index (χ4v) is 3.02. The lowest BCUT2D eigenvalue weighted by molar-refractivity contribution is 0.467. The summed E-state index contributed by atoms with van der Waals surface area (Å²) in [6.07, 6.45) is 2.36. The van der Waals surface area contributed by atoms with Gasteiger partial charge < -0.3 is 5.32 Å². The Bertz CT molecular complexity index is 489. The summed E-state index contributed by atoms with van der Waals surface area (Å²) >= 11 is 0. The Kier molecular flexibility index (Phi) is 4.62. The molecule has 1 aliphatic heterocycles. The minimum atomic E-state index is 0. The first-order valence-corrected chi connectivity index (χ1v) is 6.69. The van der Waals surface area contributed by atoms with Gasteiger partial charge in [-0.15, -0.1) is 12.4 Å². The van der Waals surface area contributed by atoms with Gasteiger partial charge in [0.05, 0.1) is 0 Å². The molecule has 1 saturated heterocycles. The predicted octanol–water partition coefficient (Wildman–Crippen LogP) is 3.58. The zero-order chi connectivity index (χ0) is 12.3. The quantitative estimate of drug-likeness (QED) is 0.901. The highest BCUT2D eigenvalue weighted by atomic mass is 35.5. The molecule has 1 heterocycles. The van der Waals surface area contributed by atoms with Crippen molar-refractivity contribution >= 4 is 12.4 Å². The molecule has 19 heavy (non-hydrogen) atoms. The average molecular weight is 274 g/mol. The van der Waals surface area contributed by atoms with Crippen molar-refractivity contribution in [1.29, 1.82) is 0 Å². The van der Waals surface area contributed by atoms with E-state index < -0.39 is 0 Å². The lowest BCUT2D eigenvalue weighted by Gasteiger charge is -2.29. The van der Waals surface area contributed by atoms with Crippen LogP contribution in [0.25, 0.3) is 0 Å². The Morgan fingerprint density at radius 3 is 2.11 bits per heavy atom. The van der Waals surface area contributed by atoms with E-state index in [9.17, 15) is 0 Å². The SMILES string of the molecule is Cl.c1ccc(CC2(c3ccccc3)CCNC2)cc1. The Morgan fingerprint density at radius 1 is 0.895 bits per heavy atom. The highest BCUT2D eigenvalue weighted by Gasteiger charge is 2.35. The first kappa shape index (κ1) is 14.1. The number of benzene rings is 2. The molecule has 1 fully saturated rings. The van der Waals surface area contributed by atoms with Gasteiger partial charge in [-0.3, -0.25) is 0 Å². The second-order valence-electron chi connectivity index (χ2n) is 5.24. The second-order valence-corrected chi connectivity index (χ2v) is 5.24. The van der Waals surface area contributed by atoms with Crippen LogP contribution in [0.1, 0.15) is 17.5 Å². The molecule has 100 valence electrons. The zero-order valence-electron chi connectivity index (χ0n) is 11.0. The summed E-state index contributed by atoms with van der Waals surface area (Å²) in [7, 11) is 0. The molecule has 3 rings (SSSR count). The average Bonchev–Trinajstić information content (AvgIpc) is 2.91. The third-order valence-corrected chi connectivity index (χ3v) is 4.02. The van der Waals surface area contributed by atoms with E-state index in [0.29, 0.717) is 0 Å². The maximum absolute atomic E-state index is 3.53. The molecule has 0 amide bonds. The van der Waals surface area contributed by atoms with Crippen molar-refractivity contribution in [3.8, 4) is 0 Å². The number of rotatable bonds is 3. The van der Waals surface area contributed by atoms with Crippen molar-refractivity contribution < 1.29 is 0 Å². The van der Waals surface area contributed by atoms with Crippen molar-refractivity contribution in [2.45, 2.75) is 18.3 Å². The van der Waals surface area contributed by atoms with Crippen LogP contribution in [0.2, 0.25) is 0 Å². The van der Waals surface area contributed by atoms with Gasteiger partial charge in [0, 0.05) is 12.0 Å². The van der Waals surface area contributed by atoms with Gasteiger partial charge >= 0.3 is 0 Å². The third kappa shape index (κ3) is 2.99. The first-order valence-electron chi connectivity index (χ1n) is 6.69. The minimum absolute atomic E-state index is 0. The van der Waals surface area contributed by atoms with Crippen molar-refractivity contribution in [3.05, 3.63) is 71.8 Å². The molecule has 0 spiro atoms. The van der Waals surface area contributed by atoms with E-state index in [1.807, 2.05) is 0 Å². The van der Waals surface area contributed by atoms with E-state index in [0.717, 1.165) is 19.5 Å². The van der Waals surface area contributed by atoms with Crippen molar-refractivity contribution in [3.63, 3.8) is 0 Å². The van der Waals surface area contributed by atoms with Gasteiger partial charge in [-0.1, -0.05) is 60.7 Å². The smallest absolute Gasteiger partial charge is 0.0130 e. The highest BCUT2D eigenvalue weighted by molar-refractivity contribution is 5.85. The summed E-state index contributed by atoms with van der Waals surface area (Å²) in [6.45, 7) is 2.22. The molecule has 2 aromatic carbocycles. The summed E-state index contributed by atoms with van der Waals surface area (Å²) in [6, 6.07) is 21.8. The van der Waals surface area contributed by atoms with Crippen molar-refractivity contribution in [2.24, 2.45) is 0 Å². The summed E-state index contributed by atoms with van der Waals surface area (Å²) in [5.41, 5.74) is 3.19. The molecule has 0 saturated carbocycles. The van der Waals surface area contributed by atoms with Gasteiger partial charge in [0.25, 0.3) is 0 Å². The molecular weight excluding hydrogens is 254 g/mol. The van der Waals surface area contributed by atoms with Gasteiger partial charge in [0.2, 0.25) is 0 Å². The molecule has 0 radical (unpaired) electrons. The molecule has 1 N–H and O–H groups in total. The Labute approximate surface area is 121 Å². The molecule has 1 nitrogen and oxygen atoms in total. The van der Waals surface area contributed by atoms with Gasteiger partial charge in [-0.05, 0) is 30.5 Å². The monoisotopic (exact) mass is 273 g/mol. The minimum Gasteiger partial charge on any atom is -0.316 e. The highest BCUT2D eigenvalue weighted by Crippen LogP contribution is 2.34. The molecule has 0 aromatic heterocycles. The van der Waals surface area contributed by atoms with Crippen LogP contribution in [0, 0.1) is 0 Å². The number of nitrogens with one attached hydrogen (secondary N) is 1. The third-order valence-electron chi connectivity index (χ3n) is 4.02. The standard InChI is InChI=1S/C17H19N.ClH/c1-3-7-15(8-4-1)13-17(11-12-18-14-17)16-9-5-2-6-10-16;/h1-10,18H,11-14H2;1H. The van der Waals surface area contributed by atoms with Gasteiger partial charge in [0.15, 0.2) is 0 Å². The van der Waals surface area contributed by atoms with Crippen LogP contribution >= 0.6 is 12.4 Å². The molecule has 1 atom stereocenters. The second kappa shape index (κ2) is 6.23. The van der Waals surface area contributed by atoms with Crippen LogP contribution in [-0.2, 0) is 11.8 Å². The van der Waals surface area contributed by atoms with E-state index in [1.54, 1.807) is 0 Å². The summed E-state index contributed by atoms with van der Waals surface area (Å²) in [5, 5.41) is 3.53. The maximum atomic E-state index is 3.53. The molecule has 0 aliphatic carbocycles. The van der Waals surface area contributed by atoms with Crippen LogP contribution < -0.4 is 5.32 Å². The normalized spacial score (nSPS) is 21.9. The molecule has 2 aromatic rings. The number of hydrogen-bond acceptors (Lipinski definition) is 1. The molecule has 0 bridgehead atoms. The van der Waals surface area contributed by atoms with E-state index in [4.69, 9.17) is 0 Å². The fraction of sp³-hybridized carbons (Fsp3) is 0.294. The molecular formula is C17H20ClN. The van der Waals surface area contributed by atoms with Crippen LogP contribution in [0.3, 0.4) is 0 Å². The molecule has 2 heteroatoms. The Hall–Kier alpha value is -1.31. The van der Waals surface area contributed by atoms with E-state index in [1.165, 1.54) is 17.5 Å². The van der Waals surface area contributed by atoms with E-state index >= 15 is 0 Å². The summed E-state index contributed by atoms with van der Waals surface area (Å²) in [5.74, 6) is 0. The molecule has 1 unspecified atom stereocenters. The Morgan fingerprint density at radius 2 is 1.53 bits per heavy atom. The van der Waals surface area contributed by atoms with E-state index in [2.05, 4.69) is 66.0 Å². The topological polar surface area (TPSA) is 12.0 Å². The Balaban J connectivity index is 0.00000133. The first-order chi connectivity index (χ1) is 8.89. The number of halogens is 1. The summed E-state index contributed by atoms with van der Waals surface area (Å²) < 4.78 is 0. The lowest BCUT2D eigenvalue weighted by atomic mass is 9.75. The van der Waals surface area contributed by atoms with Crippen molar-refractivity contribution in [2.75, 3.05) is 13.1 Å². The van der Waals surface area contributed by atoms with Crippen LogP contribution in [0.5, 0.6) is 0 Å². The van der Waals surface area contributed by atoms with Crippen molar-refractivity contribution in [1.82, 2.24) is 5.32 Å². The summed E-state index contributed by atoms with van der Waals surface area (Å²) in [4.78, 5) is 0. The van der Waals surface area contributed by atoms with Gasteiger partial charge in [0.1, 0.15) is 0 Å². The van der Waals surface area contributed by atoms with Crippen LogP contribution in [0.15, 0.2) is 60.7 Å².